The van der Waals surface area contributed by atoms with Crippen molar-refractivity contribution in [3.8, 4) is 0 Å². The Balaban J connectivity index is 2.27. The monoisotopic (exact) mass is 283 g/mol. The van der Waals surface area contributed by atoms with Gasteiger partial charge in [-0.1, -0.05) is 11.6 Å². The molecule has 0 bridgehead atoms. The van der Waals surface area contributed by atoms with Crippen molar-refractivity contribution in [1.82, 2.24) is 10.6 Å². The minimum Gasteiger partial charge on any atom is -0.351 e. The lowest BCUT2D eigenvalue weighted by Crippen LogP contribution is -2.46. The Hall–Kier alpha value is -1.62. The average Bonchev–Trinajstić information content (AvgIpc) is 2.54. The first-order valence-corrected chi connectivity index (χ1v) is 6.25. The second-order valence-corrected chi connectivity index (χ2v) is 5.88. The number of hydrogen-bond acceptors (Lipinski definition) is 3. The van der Waals surface area contributed by atoms with E-state index in [4.69, 9.17) is 11.6 Å². The van der Waals surface area contributed by atoms with Gasteiger partial charge >= 0.3 is 0 Å². The molecule has 0 saturated heterocycles. The summed E-state index contributed by atoms with van der Waals surface area (Å²) in [5.41, 5.74) is 0.217. The van der Waals surface area contributed by atoms with Gasteiger partial charge in [0.1, 0.15) is 5.82 Å². The van der Waals surface area contributed by atoms with Gasteiger partial charge in [-0.05, 0) is 44.5 Å². The van der Waals surface area contributed by atoms with E-state index in [0.29, 0.717) is 11.5 Å². The van der Waals surface area contributed by atoms with Crippen LogP contribution in [0.15, 0.2) is 23.2 Å². The van der Waals surface area contributed by atoms with E-state index in [1.54, 1.807) is 6.07 Å². The van der Waals surface area contributed by atoms with Gasteiger partial charge in [-0.25, -0.2) is 9.38 Å². The fourth-order valence-corrected chi connectivity index (χ4v) is 2.01. The number of hydrogen-bond donors (Lipinski definition) is 2. The quantitative estimate of drug-likeness (QED) is 0.831. The van der Waals surface area contributed by atoms with Crippen LogP contribution in [0.5, 0.6) is 0 Å². The minimum absolute atomic E-state index is 0.222. The molecule has 1 aromatic rings. The van der Waals surface area contributed by atoms with Crippen LogP contribution in [-0.4, -0.2) is 17.4 Å². The van der Waals surface area contributed by atoms with Crippen LogP contribution in [0.1, 0.15) is 32.4 Å². The van der Waals surface area contributed by atoms with Gasteiger partial charge in [-0.15, -0.1) is 0 Å². The fraction of sp³-hybridized carbons (Fsp3) is 0.385. The van der Waals surface area contributed by atoms with Crippen molar-refractivity contribution in [3.05, 3.63) is 34.6 Å². The van der Waals surface area contributed by atoms with Gasteiger partial charge in [-0.3, -0.25) is 10.1 Å². The highest BCUT2D eigenvalue weighted by Crippen LogP contribution is 2.25. The van der Waals surface area contributed by atoms with Crippen LogP contribution in [0.3, 0.4) is 0 Å². The van der Waals surface area contributed by atoms with Crippen LogP contribution >= 0.6 is 11.6 Å². The molecule has 1 heterocycles. The zero-order chi connectivity index (χ0) is 14.2. The Morgan fingerprint density at radius 1 is 1.37 bits per heavy atom. The number of halogens is 2. The lowest BCUT2D eigenvalue weighted by molar-refractivity contribution is -0.120. The molecule has 19 heavy (non-hydrogen) atoms. The number of aliphatic imine (C=N–C) groups is 1. The molecule has 0 fully saturated rings. The molecular formula is C13H15ClFN3O. The molecule has 2 rings (SSSR count). The lowest BCUT2D eigenvalue weighted by Gasteiger charge is -2.21. The summed E-state index contributed by atoms with van der Waals surface area (Å²) in [6.45, 7) is 5.86. The standard InChI is InChI=1S/C13H15ClFN3O/c1-13(2,3)18-12-16-10(11(19)17-12)7-4-8(14)6-9(15)5-7/h4-6,10H,1-3H3,(H2,16,17,18,19). The molecule has 1 unspecified atom stereocenters. The van der Waals surface area contributed by atoms with Gasteiger partial charge in [0, 0.05) is 10.6 Å². The van der Waals surface area contributed by atoms with Crippen molar-refractivity contribution in [3.63, 3.8) is 0 Å². The van der Waals surface area contributed by atoms with E-state index in [-0.39, 0.29) is 16.5 Å². The van der Waals surface area contributed by atoms with E-state index in [0.717, 1.165) is 0 Å². The smallest absolute Gasteiger partial charge is 0.256 e. The summed E-state index contributed by atoms with van der Waals surface area (Å²) >= 11 is 5.78. The second-order valence-electron chi connectivity index (χ2n) is 5.45. The summed E-state index contributed by atoms with van der Waals surface area (Å²) in [7, 11) is 0. The molecule has 1 amide bonds. The van der Waals surface area contributed by atoms with E-state index < -0.39 is 11.9 Å². The van der Waals surface area contributed by atoms with Crippen LogP contribution in [0.25, 0.3) is 0 Å². The molecule has 4 nitrogen and oxygen atoms in total. The number of nitrogens with one attached hydrogen (secondary N) is 2. The maximum atomic E-state index is 13.3. The van der Waals surface area contributed by atoms with Crippen molar-refractivity contribution in [1.29, 1.82) is 0 Å². The van der Waals surface area contributed by atoms with Crippen molar-refractivity contribution in [2.45, 2.75) is 32.4 Å². The molecule has 1 aliphatic rings. The average molecular weight is 284 g/mol. The van der Waals surface area contributed by atoms with E-state index >= 15 is 0 Å². The predicted molar refractivity (Wildman–Crippen MR) is 72.6 cm³/mol. The van der Waals surface area contributed by atoms with Crippen molar-refractivity contribution >= 4 is 23.5 Å². The van der Waals surface area contributed by atoms with Gasteiger partial charge < -0.3 is 5.32 Å². The third kappa shape index (κ3) is 3.44. The highest BCUT2D eigenvalue weighted by Gasteiger charge is 2.30. The number of guanidine groups is 1. The molecular weight excluding hydrogens is 269 g/mol. The largest absolute Gasteiger partial charge is 0.351 e. The van der Waals surface area contributed by atoms with Crippen LogP contribution in [-0.2, 0) is 4.79 Å². The SMILES string of the molecule is CC(C)(C)NC1=NC(c2cc(F)cc(Cl)c2)C(=O)N1. The molecule has 0 radical (unpaired) electrons. The summed E-state index contributed by atoms with van der Waals surface area (Å²) in [6.07, 6.45) is 0. The van der Waals surface area contributed by atoms with E-state index in [2.05, 4.69) is 15.6 Å². The Morgan fingerprint density at radius 3 is 2.63 bits per heavy atom. The van der Waals surface area contributed by atoms with Crippen molar-refractivity contribution < 1.29 is 9.18 Å². The number of nitrogens with zero attached hydrogens (tertiary/aromatic N) is 1. The first-order chi connectivity index (χ1) is 8.74. The molecule has 0 spiro atoms. The molecule has 1 aliphatic heterocycles. The summed E-state index contributed by atoms with van der Waals surface area (Å²) in [5.74, 6) is -0.390. The summed E-state index contributed by atoms with van der Waals surface area (Å²) < 4.78 is 13.3. The summed E-state index contributed by atoms with van der Waals surface area (Å²) in [5, 5.41) is 5.95. The van der Waals surface area contributed by atoms with Crippen LogP contribution < -0.4 is 10.6 Å². The molecule has 0 aliphatic carbocycles. The number of rotatable bonds is 1. The number of carbonyl (C=O) groups excluding carboxylic acids is 1. The maximum absolute atomic E-state index is 13.3. The number of carbonyl (C=O) groups is 1. The second kappa shape index (κ2) is 4.81. The van der Waals surface area contributed by atoms with Gasteiger partial charge in [0.2, 0.25) is 0 Å². The van der Waals surface area contributed by atoms with Crippen molar-refractivity contribution in [2.75, 3.05) is 0 Å². The Labute approximate surface area is 116 Å². The molecule has 2 N–H and O–H groups in total. The zero-order valence-corrected chi connectivity index (χ0v) is 11.7. The third-order valence-corrected chi connectivity index (χ3v) is 2.66. The van der Waals surface area contributed by atoms with Crippen molar-refractivity contribution in [2.24, 2.45) is 4.99 Å². The van der Waals surface area contributed by atoms with Gasteiger partial charge in [0.05, 0.1) is 0 Å². The predicted octanol–water partition coefficient (Wildman–Crippen LogP) is 2.39. The molecule has 6 heteroatoms. The first kappa shape index (κ1) is 13.8. The molecule has 1 aromatic carbocycles. The minimum atomic E-state index is -0.766. The number of benzene rings is 1. The highest BCUT2D eigenvalue weighted by atomic mass is 35.5. The Morgan fingerprint density at radius 2 is 2.05 bits per heavy atom. The van der Waals surface area contributed by atoms with E-state index in [1.807, 2.05) is 20.8 Å². The van der Waals surface area contributed by atoms with Gasteiger partial charge in [0.25, 0.3) is 5.91 Å². The van der Waals surface area contributed by atoms with Crippen LogP contribution in [0.2, 0.25) is 5.02 Å². The van der Waals surface area contributed by atoms with Crippen LogP contribution in [0.4, 0.5) is 4.39 Å². The first-order valence-electron chi connectivity index (χ1n) is 5.87. The maximum Gasteiger partial charge on any atom is 0.256 e. The Kier molecular flexibility index (Phi) is 3.49. The molecule has 1 atom stereocenters. The van der Waals surface area contributed by atoms with E-state index in [1.165, 1.54) is 12.1 Å². The third-order valence-electron chi connectivity index (χ3n) is 2.44. The molecule has 0 aromatic heterocycles. The van der Waals surface area contributed by atoms with Gasteiger partial charge in [-0.2, -0.15) is 0 Å². The van der Waals surface area contributed by atoms with Gasteiger partial charge in [0.15, 0.2) is 12.0 Å². The Bertz CT molecular complexity index is 531. The summed E-state index contributed by atoms with van der Waals surface area (Å²) in [6, 6.07) is 3.23. The zero-order valence-electron chi connectivity index (χ0n) is 10.9. The lowest BCUT2D eigenvalue weighted by atomic mass is 10.1. The highest BCUT2D eigenvalue weighted by molar-refractivity contribution is 6.30. The molecule has 102 valence electrons. The summed E-state index contributed by atoms with van der Waals surface area (Å²) in [4.78, 5) is 16.1. The number of amides is 1. The normalized spacial score (nSPS) is 19.1. The topological polar surface area (TPSA) is 53.5 Å². The molecule has 0 saturated carbocycles. The fourth-order valence-electron chi connectivity index (χ4n) is 1.78. The van der Waals surface area contributed by atoms with E-state index in [9.17, 15) is 9.18 Å². The van der Waals surface area contributed by atoms with Crippen LogP contribution in [0, 0.1) is 5.82 Å².